The lowest BCUT2D eigenvalue weighted by atomic mass is 10.0. The molecule has 1 fully saturated rings. The zero-order valence-electron chi connectivity index (χ0n) is 12.9. The molecule has 0 aliphatic heterocycles. The number of nitrogens with zero attached hydrogens (tertiary/aromatic N) is 1. The highest BCUT2D eigenvalue weighted by molar-refractivity contribution is 6.33. The van der Waals surface area contributed by atoms with Gasteiger partial charge in [0.15, 0.2) is 0 Å². The molecule has 1 aromatic carbocycles. The molecule has 0 atom stereocenters. The first kappa shape index (κ1) is 16.0. The number of halogens is 1. The summed E-state index contributed by atoms with van der Waals surface area (Å²) in [4.78, 5) is 12.6. The van der Waals surface area contributed by atoms with E-state index in [1.54, 1.807) is 19.1 Å². The summed E-state index contributed by atoms with van der Waals surface area (Å²) in [5.41, 5.74) is 0.630. The van der Waals surface area contributed by atoms with Crippen LogP contribution in [0, 0.1) is 6.92 Å². The minimum Gasteiger partial charge on any atom is -0.388 e. The molecule has 1 amide bonds. The van der Waals surface area contributed by atoms with Gasteiger partial charge in [0.05, 0.1) is 10.6 Å². The van der Waals surface area contributed by atoms with Gasteiger partial charge in [-0.3, -0.25) is 4.79 Å². The lowest BCUT2D eigenvalue weighted by Crippen LogP contribution is -2.41. The molecule has 5 nitrogen and oxygen atoms in total. The van der Waals surface area contributed by atoms with E-state index in [1.807, 2.05) is 12.1 Å². The largest absolute Gasteiger partial charge is 0.388 e. The van der Waals surface area contributed by atoms with Crippen molar-refractivity contribution in [2.75, 3.05) is 6.54 Å². The molecule has 1 aromatic heterocycles. The van der Waals surface area contributed by atoms with Gasteiger partial charge in [-0.25, -0.2) is 0 Å². The average molecular weight is 335 g/mol. The number of hydrogen-bond acceptors (Lipinski definition) is 4. The molecule has 0 saturated heterocycles. The number of hydrogen-bond donors (Lipinski definition) is 2. The SMILES string of the molecule is Cc1onc(-c2ccccc2Cl)c1C(=O)NCC1(O)CCCC1. The lowest BCUT2D eigenvalue weighted by molar-refractivity contribution is 0.0449. The van der Waals surface area contributed by atoms with Gasteiger partial charge in [0.2, 0.25) is 0 Å². The lowest BCUT2D eigenvalue weighted by Gasteiger charge is -2.22. The van der Waals surface area contributed by atoms with Crippen molar-refractivity contribution in [2.24, 2.45) is 0 Å². The van der Waals surface area contributed by atoms with Crippen LogP contribution in [0.3, 0.4) is 0 Å². The summed E-state index contributed by atoms with van der Waals surface area (Å²) in [6, 6.07) is 7.17. The Hall–Kier alpha value is -1.85. The molecule has 0 spiro atoms. The molecule has 0 radical (unpaired) electrons. The quantitative estimate of drug-likeness (QED) is 0.899. The standard InChI is InChI=1S/C17H19ClN2O3/c1-11-14(16(21)19-10-17(22)8-4-5-9-17)15(20-23-11)12-6-2-3-7-13(12)18/h2-3,6-7,22H,4-5,8-10H2,1H3,(H,19,21). The summed E-state index contributed by atoms with van der Waals surface area (Å²) >= 11 is 6.19. The number of aryl methyl sites for hydroxylation is 1. The molecule has 2 N–H and O–H groups in total. The molecular formula is C17H19ClN2O3. The van der Waals surface area contributed by atoms with Crippen LogP contribution in [0.15, 0.2) is 28.8 Å². The number of carbonyl (C=O) groups excluding carboxylic acids is 1. The summed E-state index contributed by atoms with van der Waals surface area (Å²) in [5.74, 6) is 0.120. The van der Waals surface area contributed by atoms with Crippen LogP contribution in [0.1, 0.15) is 41.8 Å². The van der Waals surface area contributed by atoms with E-state index >= 15 is 0 Å². The molecule has 1 saturated carbocycles. The Morgan fingerprint density at radius 3 is 2.78 bits per heavy atom. The highest BCUT2D eigenvalue weighted by Crippen LogP contribution is 2.32. The monoisotopic (exact) mass is 334 g/mol. The normalized spacial score (nSPS) is 16.5. The molecule has 122 valence electrons. The highest BCUT2D eigenvalue weighted by Gasteiger charge is 2.32. The van der Waals surface area contributed by atoms with Gasteiger partial charge in [0, 0.05) is 12.1 Å². The first-order valence-electron chi connectivity index (χ1n) is 7.72. The van der Waals surface area contributed by atoms with Crippen LogP contribution >= 0.6 is 11.6 Å². The second-order valence-corrected chi connectivity index (χ2v) is 6.46. The van der Waals surface area contributed by atoms with Crippen LogP contribution < -0.4 is 5.32 Å². The topological polar surface area (TPSA) is 75.4 Å². The van der Waals surface area contributed by atoms with Crippen molar-refractivity contribution in [3.8, 4) is 11.3 Å². The van der Waals surface area contributed by atoms with Crippen molar-refractivity contribution in [1.82, 2.24) is 10.5 Å². The molecule has 3 rings (SSSR count). The van der Waals surface area contributed by atoms with Crippen molar-refractivity contribution in [2.45, 2.75) is 38.2 Å². The van der Waals surface area contributed by atoms with E-state index in [4.69, 9.17) is 16.1 Å². The summed E-state index contributed by atoms with van der Waals surface area (Å²) in [6.07, 6.45) is 3.41. The summed E-state index contributed by atoms with van der Waals surface area (Å²) < 4.78 is 5.19. The number of nitrogens with one attached hydrogen (secondary N) is 1. The Morgan fingerprint density at radius 1 is 1.39 bits per heavy atom. The van der Waals surface area contributed by atoms with Crippen molar-refractivity contribution >= 4 is 17.5 Å². The van der Waals surface area contributed by atoms with Crippen LogP contribution in [0.2, 0.25) is 5.02 Å². The first-order chi connectivity index (χ1) is 11.0. The molecule has 1 aliphatic carbocycles. The second kappa shape index (κ2) is 6.34. The van der Waals surface area contributed by atoms with E-state index < -0.39 is 5.60 Å². The highest BCUT2D eigenvalue weighted by atomic mass is 35.5. The maximum Gasteiger partial charge on any atom is 0.257 e. The number of amides is 1. The summed E-state index contributed by atoms with van der Waals surface area (Å²) in [6.45, 7) is 1.92. The predicted molar refractivity (Wildman–Crippen MR) is 87.4 cm³/mol. The van der Waals surface area contributed by atoms with E-state index in [2.05, 4.69) is 10.5 Å². The number of rotatable bonds is 4. The summed E-state index contributed by atoms with van der Waals surface area (Å²) in [5, 5.41) is 17.7. The number of aromatic nitrogens is 1. The van der Waals surface area contributed by atoms with E-state index in [-0.39, 0.29) is 12.5 Å². The third-order valence-corrected chi connectivity index (χ3v) is 4.66. The van der Waals surface area contributed by atoms with Gasteiger partial charge in [-0.1, -0.05) is 47.8 Å². The smallest absolute Gasteiger partial charge is 0.257 e. The van der Waals surface area contributed by atoms with E-state index in [0.717, 1.165) is 12.8 Å². The molecule has 0 unspecified atom stereocenters. The van der Waals surface area contributed by atoms with Crippen molar-refractivity contribution in [3.63, 3.8) is 0 Å². The molecule has 0 bridgehead atoms. The molecule has 1 heterocycles. The van der Waals surface area contributed by atoms with Crippen LogP contribution in [0.5, 0.6) is 0 Å². The Labute approximate surface area is 139 Å². The van der Waals surface area contributed by atoms with Crippen LogP contribution in [-0.4, -0.2) is 28.3 Å². The Kier molecular flexibility index (Phi) is 4.41. The fraction of sp³-hybridized carbons (Fsp3) is 0.412. The number of carbonyl (C=O) groups is 1. The van der Waals surface area contributed by atoms with Crippen molar-refractivity contribution in [1.29, 1.82) is 0 Å². The first-order valence-corrected chi connectivity index (χ1v) is 8.10. The van der Waals surface area contributed by atoms with Crippen LogP contribution in [-0.2, 0) is 0 Å². The molecule has 6 heteroatoms. The van der Waals surface area contributed by atoms with Gasteiger partial charge in [0.1, 0.15) is 17.0 Å². The summed E-state index contributed by atoms with van der Waals surface area (Å²) in [7, 11) is 0. The van der Waals surface area contributed by atoms with Crippen molar-refractivity contribution in [3.05, 3.63) is 40.6 Å². The van der Waals surface area contributed by atoms with E-state index in [1.165, 1.54) is 0 Å². The number of benzene rings is 1. The van der Waals surface area contributed by atoms with E-state index in [0.29, 0.717) is 40.4 Å². The Bertz CT molecular complexity index is 720. The minimum absolute atomic E-state index is 0.235. The Balaban J connectivity index is 1.84. The maximum atomic E-state index is 12.6. The second-order valence-electron chi connectivity index (χ2n) is 6.06. The molecule has 1 aliphatic rings. The van der Waals surface area contributed by atoms with Crippen LogP contribution in [0.4, 0.5) is 0 Å². The molecular weight excluding hydrogens is 316 g/mol. The minimum atomic E-state index is -0.800. The van der Waals surface area contributed by atoms with Gasteiger partial charge in [0.25, 0.3) is 5.91 Å². The van der Waals surface area contributed by atoms with Gasteiger partial charge < -0.3 is 14.9 Å². The van der Waals surface area contributed by atoms with Crippen molar-refractivity contribution < 1.29 is 14.4 Å². The maximum absolute atomic E-state index is 12.6. The zero-order chi connectivity index (χ0) is 16.4. The van der Waals surface area contributed by atoms with Crippen LogP contribution in [0.25, 0.3) is 11.3 Å². The molecule has 2 aromatic rings. The average Bonchev–Trinajstić information content (AvgIpc) is 3.12. The zero-order valence-corrected chi connectivity index (χ0v) is 13.7. The molecule has 23 heavy (non-hydrogen) atoms. The fourth-order valence-electron chi connectivity index (χ4n) is 3.02. The van der Waals surface area contributed by atoms with Gasteiger partial charge in [-0.05, 0) is 25.8 Å². The third kappa shape index (κ3) is 3.26. The third-order valence-electron chi connectivity index (χ3n) is 4.33. The van der Waals surface area contributed by atoms with Gasteiger partial charge in [-0.2, -0.15) is 0 Å². The van der Waals surface area contributed by atoms with E-state index in [9.17, 15) is 9.90 Å². The number of aliphatic hydroxyl groups is 1. The van der Waals surface area contributed by atoms with Gasteiger partial charge >= 0.3 is 0 Å². The fourth-order valence-corrected chi connectivity index (χ4v) is 3.24. The Morgan fingerprint density at radius 2 is 2.09 bits per heavy atom. The predicted octanol–water partition coefficient (Wildman–Crippen LogP) is 3.34. The van der Waals surface area contributed by atoms with Gasteiger partial charge in [-0.15, -0.1) is 0 Å².